The predicted octanol–water partition coefficient (Wildman–Crippen LogP) is 11.3. The number of ketones is 1. The summed E-state index contributed by atoms with van der Waals surface area (Å²) in [4.78, 5) is 13.5. The minimum absolute atomic E-state index is 0.0602. The van der Waals surface area contributed by atoms with Gasteiger partial charge in [-0.05, 0) is 92.6 Å². The molecule has 0 amide bonds. The molecule has 0 bridgehead atoms. The molecule has 6 aliphatic rings. The van der Waals surface area contributed by atoms with E-state index in [0.717, 1.165) is 11.5 Å². The van der Waals surface area contributed by atoms with Gasteiger partial charge in [0.1, 0.15) is 17.3 Å². The Hall–Kier alpha value is -2.88. The molecule has 4 saturated carbocycles. The second-order valence-corrected chi connectivity index (χ2v) is 14.5. The molecular weight excluding hydrogens is 544 g/mol. The first-order chi connectivity index (χ1) is 21.6. The lowest BCUT2D eigenvalue weighted by atomic mass is 9.80. The second kappa shape index (κ2) is 13.6. The minimum Gasteiger partial charge on any atom is -0.506 e. The second-order valence-electron chi connectivity index (χ2n) is 14.5. The lowest BCUT2D eigenvalue weighted by Gasteiger charge is -2.31. The molecule has 0 aromatic carbocycles. The van der Waals surface area contributed by atoms with Gasteiger partial charge in [0.25, 0.3) is 0 Å². The predicted molar refractivity (Wildman–Crippen MR) is 176 cm³/mol. The monoisotopic (exact) mass is 595 g/mol. The highest BCUT2D eigenvalue weighted by Gasteiger charge is 2.36. The normalized spacial score (nSPS) is 26.9. The average Bonchev–Trinajstić information content (AvgIpc) is 3.10. The first kappa shape index (κ1) is 29.8. The molecule has 0 atom stereocenters. The van der Waals surface area contributed by atoms with Crippen molar-refractivity contribution in [1.29, 1.82) is 0 Å². The molecule has 7 rings (SSSR count). The molecule has 0 spiro atoms. The van der Waals surface area contributed by atoms with E-state index in [0.29, 0.717) is 46.3 Å². The van der Waals surface area contributed by atoms with Crippen molar-refractivity contribution in [1.82, 2.24) is 0 Å². The van der Waals surface area contributed by atoms with Gasteiger partial charge in [0.2, 0.25) is 5.78 Å². The average molecular weight is 596 g/mol. The summed E-state index contributed by atoms with van der Waals surface area (Å²) in [6.07, 6.45) is 33.0. The Kier molecular flexibility index (Phi) is 9.23. The zero-order valence-corrected chi connectivity index (χ0v) is 26.6. The molecule has 4 nitrogen and oxygen atoms in total. The molecule has 2 heterocycles. The van der Waals surface area contributed by atoms with E-state index in [1.807, 2.05) is 0 Å². The van der Waals surface area contributed by atoms with Crippen molar-refractivity contribution >= 4 is 11.9 Å². The van der Waals surface area contributed by atoms with Crippen LogP contribution >= 0.6 is 0 Å². The van der Waals surface area contributed by atoms with Crippen LogP contribution in [-0.2, 0) is 9.53 Å². The maximum absolute atomic E-state index is 13.5. The molecule has 44 heavy (non-hydrogen) atoms. The molecule has 4 fully saturated rings. The highest BCUT2D eigenvalue weighted by molar-refractivity contribution is 6.23. The summed E-state index contributed by atoms with van der Waals surface area (Å²) in [5.41, 5.74) is 3.40. The summed E-state index contributed by atoms with van der Waals surface area (Å²) in [6.45, 7) is 0. The Morgan fingerprint density at radius 2 is 1.23 bits per heavy atom. The van der Waals surface area contributed by atoms with Gasteiger partial charge >= 0.3 is 11.5 Å². The number of hydrogen-bond acceptors (Lipinski definition) is 3. The lowest BCUT2D eigenvalue weighted by Crippen LogP contribution is -2.22. The van der Waals surface area contributed by atoms with Crippen molar-refractivity contribution in [3.8, 4) is 0 Å². The Labute approximate surface area is 264 Å². The van der Waals surface area contributed by atoms with Crippen molar-refractivity contribution in [3.05, 3.63) is 81.4 Å². The lowest BCUT2D eigenvalue weighted by molar-refractivity contribution is -0.113. The molecule has 0 radical (unpaired) electrons. The molecule has 1 N–H and O–H groups in total. The fraction of sp³-hybridized carbons (Fsp3) is 0.600. The minimum atomic E-state index is -0.127. The van der Waals surface area contributed by atoms with Crippen LogP contribution in [0.5, 0.6) is 0 Å². The molecule has 5 aliphatic carbocycles. The first-order valence-electron chi connectivity index (χ1n) is 18.1. The number of ether oxygens (including phenoxy) is 1. The van der Waals surface area contributed by atoms with Gasteiger partial charge < -0.3 is 9.84 Å². The van der Waals surface area contributed by atoms with E-state index in [1.54, 1.807) is 12.2 Å². The fourth-order valence-electron chi connectivity index (χ4n) is 8.79. The third-order valence-corrected chi connectivity index (χ3v) is 11.4. The zero-order chi connectivity index (χ0) is 29.9. The third-order valence-electron chi connectivity index (χ3n) is 11.4. The highest BCUT2D eigenvalue weighted by Crippen LogP contribution is 2.42. The maximum atomic E-state index is 13.5. The number of allylic oxidation sites excluding steroid dienone is 7. The van der Waals surface area contributed by atoms with Gasteiger partial charge in [0, 0.05) is 18.1 Å². The van der Waals surface area contributed by atoms with E-state index < -0.39 is 0 Å². The summed E-state index contributed by atoms with van der Waals surface area (Å²) in [7, 11) is 0. The van der Waals surface area contributed by atoms with Gasteiger partial charge in [-0.2, -0.15) is 0 Å². The number of carbonyl (C=O) groups is 1. The van der Waals surface area contributed by atoms with Crippen LogP contribution in [0.25, 0.3) is 6.08 Å². The first-order valence-corrected chi connectivity index (χ1v) is 18.1. The molecule has 1 aromatic heterocycles. The van der Waals surface area contributed by atoms with Crippen molar-refractivity contribution < 1.29 is 19.1 Å². The molecule has 1 aromatic rings. The van der Waals surface area contributed by atoms with Gasteiger partial charge in [-0.3, -0.25) is 4.79 Å². The van der Waals surface area contributed by atoms with Crippen molar-refractivity contribution in [3.63, 3.8) is 0 Å². The number of Topliss-reactive ketones (excluding diaryl/α,β-unsaturated/α-hetero) is 1. The number of carbonyl (C=O) groups excluding carboxylic acids is 1. The fourth-order valence-corrected chi connectivity index (χ4v) is 8.79. The standard InChI is InChI=1S/C40H50O4/c41-39-35(25-33-21-31(27-13-5-1-6-14-27)23-37(43-33)29-17-9-3-10-18-29)40(42)36(39)26-34-22-32(28-15-7-2-8-16-28)24-38(44-34)30-19-11-4-12-20-30/h21-30H,1-20H2/p+1. The SMILES string of the molecule is O=C1C(=Cc2cc(C3CCCCC3)cc(C3CCCCC3)[o+]2)C(O)=C1C=C1C=C(C2CCCCC2)C=C(C2CCCCC2)O1. The van der Waals surface area contributed by atoms with Crippen LogP contribution in [0.1, 0.15) is 157 Å². The van der Waals surface area contributed by atoms with Crippen LogP contribution in [0.15, 0.2) is 68.8 Å². The third kappa shape index (κ3) is 6.56. The zero-order valence-electron chi connectivity index (χ0n) is 26.6. The Morgan fingerprint density at radius 3 is 1.84 bits per heavy atom. The quantitative estimate of drug-likeness (QED) is 0.262. The van der Waals surface area contributed by atoms with Crippen LogP contribution in [-0.4, -0.2) is 10.9 Å². The van der Waals surface area contributed by atoms with Crippen molar-refractivity contribution in [2.45, 2.75) is 140 Å². The van der Waals surface area contributed by atoms with E-state index >= 15 is 0 Å². The topological polar surface area (TPSA) is 57.8 Å². The van der Waals surface area contributed by atoms with Crippen LogP contribution in [0.3, 0.4) is 0 Å². The smallest absolute Gasteiger partial charge is 0.354 e. The van der Waals surface area contributed by atoms with E-state index in [-0.39, 0.29) is 11.5 Å². The number of aliphatic hydroxyl groups is 1. The summed E-state index contributed by atoms with van der Waals surface area (Å²) < 4.78 is 13.0. The van der Waals surface area contributed by atoms with Crippen LogP contribution in [0.4, 0.5) is 0 Å². The van der Waals surface area contributed by atoms with Gasteiger partial charge in [-0.25, -0.2) is 4.42 Å². The molecular formula is C40H51O4+. The van der Waals surface area contributed by atoms with E-state index in [1.165, 1.54) is 140 Å². The molecule has 0 saturated heterocycles. The Bertz CT molecular complexity index is 1340. The molecule has 1 aliphatic heterocycles. The maximum Gasteiger partial charge on any atom is 0.354 e. The van der Waals surface area contributed by atoms with E-state index in [4.69, 9.17) is 9.15 Å². The summed E-state index contributed by atoms with van der Waals surface area (Å²) in [5, 5.41) is 11.2. The van der Waals surface area contributed by atoms with Crippen LogP contribution < -0.4 is 0 Å². The van der Waals surface area contributed by atoms with E-state index in [2.05, 4.69) is 24.3 Å². The molecule has 0 unspecified atom stereocenters. The van der Waals surface area contributed by atoms with Gasteiger partial charge in [0.15, 0.2) is 0 Å². The summed E-state index contributed by atoms with van der Waals surface area (Å²) >= 11 is 0. The Morgan fingerprint density at radius 1 is 0.659 bits per heavy atom. The van der Waals surface area contributed by atoms with Gasteiger partial charge in [-0.15, -0.1) is 0 Å². The summed E-state index contributed by atoms with van der Waals surface area (Å²) in [6, 6.07) is 4.45. The van der Waals surface area contributed by atoms with Gasteiger partial charge in [0.05, 0.1) is 23.1 Å². The van der Waals surface area contributed by atoms with Crippen molar-refractivity contribution in [2.75, 3.05) is 0 Å². The largest absolute Gasteiger partial charge is 0.506 e. The molecule has 4 heteroatoms. The van der Waals surface area contributed by atoms with Gasteiger partial charge in [-0.1, -0.05) is 77.0 Å². The highest BCUT2D eigenvalue weighted by atomic mass is 16.5. The number of aliphatic hydroxyl groups excluding tert-OH is 1. The molecule has 234 valence electrons. The number of hydrogen-bond donors (Lipinski definition) is 1. The van der Waals surface area contributed by atoms with Crippen LogP contribution in [0.2, 0.25) is 0 Å². The Balaban J connectivity index is 1.17. The van der Waals surface area contributed by atoms with E-state index in [9.17, 15) is 9.90 Å². The summed E-state index contributed by atoms with van der Waals surface area (Å²) in [5.74, 6) is 5.48. The van der Waals surface area contributed by atoms with Crippen molar-refractivity contribution in [2.24, 2.45) is 11.8 Å². The van der Waals surface area contributed by atoms with Crippen LogP contribution in [0, 0.1) is 11.8 Å². The number of rotatable bonds is 6.